The van der Waals surface area contributed by atoms with Crippen molar-refractivity contribution in [2.45, 2.75) is 0 Å². The summed E-state index contributed by atoms with van der Waals surface area (Å²) in [5, 5.41) is 5.52. The maximum atomic E-state index is 13.1. The summed E-state index contributed by atoms with van der Waals surface area (Å²) in [6, 6.07) is 18.9. The van der Waals surface area contributed by atoms with Crippen LogP contribution in [-0.4, -0.2) is 10.8 Å². The minimum atomic E-state index is -0.0254. The molecule has 24 heavy (non-hydrogen) atoms. The van der Waals surface area contributed by atoms with E-state index < -0.39 is 0 Å². The zero-order valence-corrected chi connectivity index (χ0v) is 14.1. The van der Waals surface area contributed by atoms with Gasteiger partial charge in [-0.1, -0.05) is 41.9 Å². The lowest BCUT2D eigenvalue weighted by Gasteiger charge is -2.11. The van der Waals surface area contributed by atoms with Crippen molar-refractivity contribution in [3.8, 4) is 10.6 Å². The lowest BCUT2D eigenvalue weighted by Crippen LogP contribution is -2.04. The number of fused-ring (bicyclic) bond motifs is 1. The Morgan fingerprint density at radius 2 is 1.75 bits per heavy atom. The molecule has 0 fully saturated rings. The second-order valence-electron chi connectivity index (χ2n) is 5.38. The van der Waals surface area contributed by atoms with Gasteiger partial charge in [0, 0.05) is 33.3 Å². The third-order valence-electron chi connectivity index (χ3n) is 3.93. The first kappa shape index (κ1) is 15.1. The number of rotatable bonds is 3. The number of hydrogen-bond acceptors (Lipinski definition) is 3. The van der Waals surface area contributed by atoms with E-state index in [-0.39, 0.29) is 5.78 Å². The summed E-state index contributed by atoms with van der Waals surface area (Å²) in [5.41, 5.74) is 2.17. The van der Waals surface area contributed by atoms with Gasteiger partial charge in [0.2, 0.25) is 0 Å². The molecular weight excluding hydrogens is 338 g/mol. The summed E-state index contributed by atoms with van der Waals surface area (Å²) >= 11 is 7.47. The second-order valence-corrected chi connectivity index (χ2v) is 6.71. The number of carbonyl (C=O) groups is 1. The van der Waals surface area contributed by atoms with E-state index in [4.69, 9.17) is 11.6 Å². The van der Waals surface area contributed by atoms with Crippen LogP contribution in [0.3, 0.4) is 0 Å². The zero-order valence-electron chi connectivity index (χ0n) is 12.6. The maximum absolute atomic E-state index is 13.1. The van der Waals surface area contributed by atoms with Gasteiger partial charge in [-0.25, -0.2) is 4.98 Å². The Labute approximate surface area is 148 Å². The molecule has 0 saturated heterocycles. The highest BCUT2D eigenvalue weighted by Crippen LogP contribution is 2.34. The maximum Gasteiger partial charge on any atom is 0.193 e. The molecule has 0 N–H and O–H groups in total. The molecule has 1 aromatic heterocycles. The monoisotopic (exact) mass is 349 g/mol. The minimum absolute atomic E-state index is 0.0254. The van der Waals surface area contributed by atoms with E-state index in [9.17, 15) is 4.79 Å². The highest BCUT2D eigenvalue weighted by atomic mass is 35.5. The quantitative estimate of drug-likeness (QED) is 0.434. The molecule has 0 aliphatic carbocycles. The lowest BCUT2D eigenvalue weighted by molar-refractivity contribution is 0.103. The molecule has 3 aromatic carbocycles. The third-order valence-corrected chi connectivity index (χ3v) is 4.97. The van der Waals surface area contributed by atoms with Gasteiger partial charge >= 0.3 is 0 Å². The van der Waals surface area contributed by atoms with Crippen LogP contribution in [0, 0.1) is 0 Å². The molecular formula is C20H12ClNOS. The van der Waals surface area contributed by atoms with Crippen LogP contribution < -0.4 is 0 Å². The lowest BCUT2D eigenvalue weighted by atomic mass is 9.94. The second kappa shape index (κ2) is 6.19. The van der Waals surface area contributed by atoms with Crippen molar-refractivity contribution in [1.29, 1.82) is 0 Å². The smallest absolute Gasteiger partial charge is 0.193 e. The number of benzene rings is 3. The van der Waals surface area contributed by atoms with Crippen molar-refractivity contribution in [3.05, 3.63) is 88.4 Å². The van der Waals surface area contributed by atoms with Gasteiger partial charge in [-0.2, -0.15) is 0 Å². The van der Waals surface area contributed by atoms with Crippen LogP contribution in [0.4, 0.5) is 0 Å². The van der Waals surface area contributed by atoms with Gasteiger partial charge in [-0.05, 0) is 41.1 Å². The fourth-order valence-corrected chi connectivity index (χ4v) is 3.63. The Balaban J connectivity index is 1.97. The number of halogens is 1. The SMILES string of the molecule is O=C(c1ccc(Cl)cc1)c1ccc2ccccc2c1-c1nccs1. The highest BCUT2D eigenvalue weighted by molar-refractivity contribution is 7.13. The Kier molecular flexibility index (Phi) is 3.89. The first-order valence-electron chi connectivity index (χ1n) is 7.46. The van der Waals surface area contributed by atoms with Gasteiger partial charge in [0.05, 0.1) is 0 Å². The predicted octanol–water partition coefficient (Wildman–Crippen LogP) is 5.85. The zero-order chi connectivity index (χ0) is 16.5. The Morgan fingerprint density at radius 3 is 2.50 bits per heavy atom. The van der Waals surface area contributed by atoms with Crippen LogP contribution in [0.25, 0.3) is 21.3 Å². The third kappa shape index (κ3) is 2.62. The number of nitrogens with zero attached hydrogens (tertiary/aromatic N) is 1. The van der Waals surface area contributed by atoms with Gasteiger partial charge in [-0.3, -0.25) is 4.79 Å². The molecule has 0 unspecified atom stereocenters. The molecule has 0 aliphatic heterocycles. The molecule has 0 saturated carbocycles. The fraction of sp³-hybridized carbons (Fsp3) is 0. The van der Waals surface area contributed by atoms with Crippen LogP contribution in [-0.2, 0) is 0 Å². The van der Waals surface area contributed by atoms with Gasteiger partial charge in [-0.15, -0.1) is 11.3 Å². The number of hydrogen-bond donors (Lipinski definition) is 0. The summed E-state index contributed by atoms with van der Waals surface area (Å²) in [5.74, 6) is -0.0254. The van der Waals surface area contributed by atoms with Crippen molar-refractivity contribution < 1.29 is 4.79 Å². The highest BCUT2D eigenvalue weighted by Gasteiger charge is 2.18. The molecule has 0 atom stereocenters. The van der Waals surface area contributed by atoms with Crippen molar-refractivity contribution >= 4 is 39.5 Å². The van der Waals surface area contributed by atoms with Gasteiger partial charge in [0.15, 0.2) is 5.78 Å². The van der Waals surface area contributed by atoms with Crippen LogP contribution in [0.15, 0.2) is 72.2 Å². The van der Waals surface area contributed by atoms with Crippen LogP contribution >= 0.6 is 22.9 Å². The van der Waals surface area contributed by atoms with Gasteiger partial charge in [0.1, 0.15) is 5.01 Å². The number of thiazole rings is 1. The van der Waals surface area contributed by atoms with E-state index in [1.165, 1.54) is 11.3 Å². The van der Waals surface area contributed by atoms with E-state index in [0.717, 1.165) is 21.3 Å². The van der Waals surface area contributed by atoms with E-state index in [1.54, 1.807) is 30.5 Å². The number of ketones is 1. The predicted molar refractivity (Wildman–Crippen MR) is 99.9 cm³/mol. The fourth-order valence-electron chi connectivity index (χ4n) is 2.79. The average Bonchev–Trinajstić information content (AvgIpc) is 3.15. The Morgan fingerprint density at radius 1 is 0.958 bits per heavy atom. The molecule has 0 amide bonds. The molecule has 1 heterocycles. The summed E-state index contributed by atoms with van der Waals surface area (Å²) in [6.45, 7) is 0. The molecule has 4 rings (SSSR count). The molecule has 0 bridgehead atoms. The van der Waals surface area contributed by atoms with Crippen LogP contribution in [0.2, 0.25) is 5.02 Å². The Hall–Kier alpha value is -2.49. The van der Waals surface area contributed by atoms with Gasteiger partial charge in [0.25, 0.3) is 0 Å². The summed E-state index contributed by atoms with van der Waals surface area (Å²) in [7, 11) is 0. The Bertz CT molecular complexity index is 1020. The van der Waals surface area contributed by atoms with E-state index in [0.29, 0.717) is 16.1 Å². The van der Waals surface area contributed by atoms with E-state index in [2.05, 4.69) is 4.98 Å². The van der Waals surface area contributed by atoms with Crippen molar-refractivity contribution in [2.75, 3.05) is 0 Å². The van der Waals surface area contributed by atoms with Crippen LogP contribution in [0.5, 0.6) is 0 Å². The molecule has 116 valence electrons. The topological polar surface area (TPSA) is 30.0 Å². The first-order chi connectivity index (χ1) is 11.7. The van der Waals surface area contributed by atoms with E-state index in [1.807, 2.05) is 41.8 Å². The van der Waals surface area contributed by atoms with E-state index >= 15 is 0 Å². The molecule has 0 spiro atoms. The van der Waals surface area contributed by atoms with Crippen LogP contribution in [0.1, 0.15) is 15.9 Å². The summed E-state index contributed by atoms with van der Waals surface area (Å²) in [4.78, 5) is 17.5. The average molecular weight is 350 g/mol. The molecule has 0 aliphatic rings. The number of aromatic nitrogens is 1. The molecule has 4 aromatic rings. The van der Waals surface area contributed by atoms with Crippen molar-refractivity contribution in [3.63, 3.8) is 0 Å². The molecule has 4 heteroatoms. The normalized spacial score (nSPS) is 10.9. The van der Waals surface area contributed by atoms with Gasteiger partial charge < -0.3 is 0 Å². The van der Waals surface area contributed by atoms with Crippen molar-refractivity contribution in [2.24, 2.45) is 0 Å². The largest absolute Gasteiger partial charge is 0.289 e. The standard InChI is InChI=1S/C20H12ClNOS/c21-15-8-5-14(6-9-15)19(23)17-10-7-13-3-1-2-4-16(13)18(17)20-22-11-12-24-20/h1-12H. The number of carbonyl (C=O) groups excluding carboxylic acids is 1. The van der Waals surface area contributed by atoms with Crippen molar-refractivity contribution in [1.82, 2.24) is 4.98 Å². The molecule has 0 radical (unpaired) electrons. The first-order valence-corrected chi connectivity index (χ1v) is 8.72. The minimum Gasteiger partial charge on any atom is -0.289 e. The summed E-state index contributed by atoms with van der Waals surface area (Å²) < 4.78 is 0. The summed E-state index contributed by atoms with van der Waals surface area (Å²) in [6.07, 6.45) is 1.76. The molecule has 2 nitrogen and oxygen atoms in total.